The van der Waals surface area contributed by atoms with Gasteiger partial charge in [0.25, 0.3) is 0 Å². The van der Waals surface area contributed by atoms with Gasteiger partial charge in [-0.05, 0) is 31.4 Å². The number of nitriles is 1. The topological polar surface area (TPSA) is 70.1 Å². The molecule has 0 unspecified atom stereocenters. The molecule has 5 nitrogen and oxygen atoms in total. The van der Waals surface area contributed by atoms with Gasteiger partial charge in [0, 0.05) is 18.8 Å². The molecule has 1 aliphatic rings. The summed E-state index contributed by atoms with van der Waals surface area (Å²) in [4.78, 5) is 18.0. The largest absolute Gasteiger partial charge is 0.443 e. The maximum Gasteiger partial charge on any atom is 0.247 e. The van der Waals surface area contributed by atoms with E-state index >= 15 is 0 Å². The second kappa shape index (κ2) is 4.09. The fourth-order valence-electron chi connectivity index (χ4n) is 2.39. The predicted molar refractivity (Wildman–Crippen MR) is 69.3 cm³/mol. The molecule has 0 bridgehead atoms. The number of hydrogen-bond acceptors (Lipinski definition) is 4. The molecule has 1 saturated carbocycles. The third-order valence-electron chi connectivity index (χ3n) is 3.84. The van der Waals surface area contributed by atoms with E-state index in [2.05, 4.69) is 11.1 Å². The van der Waals surface area contributed by atoms with Crippen molar-refractivity contribution in [2.75, 3.05) is 11.9 Å². The van der Waals surface area contributed by atoms with Crippen molar-refractivity contribution in [3.63, 3.8) is 0 Å². The van der Waals surface area contributed by atoms with Crippen molar-refractivity contribution in [2.24, 2.45) is 5.41 Å². The SMILES string of the molecule is CN(C(=O)C1(C#N)CCC1)c1ccc2ncoc2c1. The molecule has 96 valence electrons. The number of rotatable bonds is 2. The van der Waals surface area contributed by atoms with Crippen LogP contribution in [0.4, 0.5) is 5.69 Å². The Kier molecular flexibility index (Phi) is 2.53. The van der Waals surface area contributed by atoms with Crippen LogP contribution in [0.15, 0.2) is 29.0 Å². The smallest absolute Gasteiger partial charge is 0.247 e. The van der Waals surface area contributed by atoms with Crippen LogP contribution in [-0.4, -0.2) is 17.9 Å². The number of benzene rings is 1. The van der Waals surface area contributed by atoms with Crippen molar-refractivity contribution in [2.45, 2.75) is 19.3 Å². The van der Waals surface area contributed by atoms with Gasteiger partial charge >= 0.3 is 0 Å². The van der Waals surface area contributed by atoms with E-state index in [1.165, 1.54) is 11.3 Å². The summed E-state index contributed by atoms with van der Waals surface area (Å²) in [7, 11) is 1.69. The highest BCUT2D eigenvalue weighted by molar-refractivity contribution is 6.00. The van der Waals surface area contributed by atoms with Crippen molar-refractivity contribution in [1.29, 1.82) is 5.26 Å². The molecule has 19 heavy (non-hydrogen) atoms. The second-order valence-corrected chi connectivity index (χ2v) is 4.92. The lowest BCUT2D eigenvalue weighted by Gasteiger charge is -2.36. The van der Waals surface area contributed by atoms with E-state index in [-0.39, 0.29) is 5.91 Å². The minimum atomic E-state index is -0.828. The van der Waals surface area contributed by atoms with Crippen molar-refractivity contribution in [3.8, 4) is 6.07 Å². The van der Waals surface area contributed by atoms with E-state index in [0.29, 0.717) is 18.4 Å². The van der Waals surface area contributed by atoms with Crippen LogP contribution in [-0.2, 0) is 4.79 Å². The molecule has 0 atom stereocenters. The van der Waals surface area contributed by atoms with Gasteiger partial charge in [0.05, 0.1) is 6.07 Å². The standard InChI is InChI=1S/C14H13N3O2/c1-17(13(18)14(8-15)5-2-6-14)10-3-4-11-12(7-10)19-9-16-11/h3-4,7,9H,2,5-6H2,1H3. The van der Waals surface area contributed by atoms with E-state index < -0.39 is 5.41 Å². The molecule has 0 N–H and O–H groups in total. The molecule has 2 aromatic rings. The van der Waals surface area contributed by atoms with E-state index in [0.717, 1.165) is 17.6 Å². The second-order valence-electron chi connectivity index (χ2n) is 4.92. The molecule has 1 amide bonds. The van der Waals surface area contributed by atoms with Gasteiger partial charge in [-0.25, -0.2) is 4.98 Å². The van der Waals surface area contributed by atoms with Crippen molar-refractivity contribution < 1.29 is 9.21 Å². The van der Waals surface area contributed by atoms with Crippen molar-refractivity contribution in [3.05, 3.63) is 24.6 Å². The normalized spacial score (nSPS) is 16.6. The molecule has 0 spiro atoms. The fourth-order valence-corrected chi connectivity index (χ4v) is 2.39. The summed E-state index contributed by atoms with van der Waals surface area (Å²) in [6, 6.07) is 7.55. The molecule has 1 aliphatic carbocycles. The first-order valence-corrected chi connectivity index (χ1v) is 6.19. The van der Waals surface area contributed by atoms with Gasteiger partial charge in [-0.15, -0.1) is 0 Å². The molecule has 1 aromatic carbocycles. The Morgan fingerprint density at radius 2 is 2.32 bits per heavy atom. The van der Waals surface area contributed by atoms with Gasteiger partial charge < -0.3 is 9.32 Å². The Hall–Kier alpha value is -2.35. The van der Waals surface area contributed by atoms with E-state index in [1.807, 2.05) is 6.07 Å². The third kappa shape index (κ3) is 1.68. The number of anilines is 1. The Morgan fingerprint density at radius 3 is 2.95 bits per heavy atom. The highest BCUT2D eigenvalue weighted by Gasteiger charge is 2.46. The summed E-state index contributed by atoms with van der Waals surface area (Å²) in [6.45, 7) is 0. The zero-order valence-electron chi connectivity index (χ0n) is 10.6. The first-order chi connectivity index (χ1) is 9.16. The average Bonchev–Trinajstić information content (AvgIpc) is 2.84. The average molecular weight is 255 g/mol. The molecular weight excluding hydrogens is 242 g/mol. The lowest BCUT2D eigenvalue weighted by atomic mass is 9.69. The summed E-state index contributed by atoms with van der Waals surface area (Å²) in [5, 5.41) is 9.22. The third-order valence-corrected chi connectivity index (χ3v) is 3.84. The number of carbonyl (C=O) groups excluding carboxylic acids is 1. The monoisotopic (exact) mass is 255 g/mol. The summed E-state index contributed by atoms with van der Waals surface area (Å²) < 4.78 is 5.23. The maximum absolute atomic E-state index is 12.4. The highest BCUT2D eigenvalue weighted by Crippen LogP contribution is 2.42. The van der Waals surface area contributed by atoms with Crippen LogP contribution in [0.1, 0.15) is 19.3 Å². The minimum Gasteiger partial charge on any atom is -0.443 e. The van der Waals surface area contributed by atoms with Gasteiger partial charge in [0.15, 0.2) is 12.0 Å². The zero-order valence-corrected chi connectivity index (χ0v) is 10.6. The van der Waals surface area contributed by atoms with E-state index in [4.69, 9.17) is 4.42 Å². The molecule has 1 heterocycles. The molecule has 3 rings (SSSR count). The first kappa shape index (κ1) is 11.7. The maximum atomic E-state index is 12.4. The zero-order chi connectivity index (χ0) is 13.5. The molecular formula is C14H13N3O2. The predicted octanol–water partition coefficient (Wildman–Crippen LogP) is 2.48. The summed E-state index contributed by atoms with van der Waals surface area (Å²) in [6.07, 6.45) is 3.61. The van der Waals surface area contributed by atoms with Crippen molar-refractivity contribution in [1.82, 2.24) is 4.98 Å². The number of hydrogen-bond donors (Lipinski definition) is 0. The Balaban J connectivity index is 1.93. The molecule has 1 fully saturated rings. The number of aromatic nitrogens is 1. The molecule has 0 aliphatic heterocycles. The van der Waals surface area contributed by atoms with E-state index in [9.17, 15) is 10.1 Å². The Bertz CT molecular complexity index is 679. The van der Waals surface area contributed by atoms with Crippen LogP contribution >= 0.6 is 0 Å². The molecule has 0 radical (unpaired) electrons. The van der Waals surface area contributed by atoms with Gasteiger partial charge in [-0.2, -0.15) is 5.26 Å². The summed E-state index contributed by atoms with van der Waals surface area (Å²) in [5.41, 5.74) is 1.28. The van der Waals surface area contributed by atoms with Crippen LogP contribution in [0.5, 0.6) is 0 Å². The van der Waals surface area contributed by atoms with Crippen LogP contribution in [0.2, 0.25) is 0 Å². The molecule has 0 saturated heterocycles. The van der Waals surface area contributed by atoms with Gasteiger partial charge in [-0.3, -0.25) is 4.79 Å². The van der Waals surface area contributed by atoms with Crippen LogP contribution < -0.4 is 4.90 Å². The number of nitrogens with zero attached hydrogens (tertiary/aromatic N) is 3. The number of oxazole rings is 1. The number of carbonyl (C=O) groups is 1. The van der Waals surface area contributed by atoms with Gasteiger partial charge in [0.2, 0.25) is 5.91 Å². The molecule has 5 heteroatoms. The van der Waals surface area contributed by atoms with Crippen LogP contribution in [0, 0.1) is 16.7 Å². The van der Waals surface area contributed by atoms with Gasteiger partial charge in [-0.1, -0.05) is 0 Å². The number of fused-ring (bicyclic) bond motifs is 1. The highest BCUT2D eigenvalue weighted by atomic mass is 16.3. The quantitative estimate of drug-likeness (QED) is 0.826. The lowest BCUT2D eigenvalue weighted by Crippen LogP contribution is -2.45. The van der Waals surface area contributed by atoms with E-state index in [1.54, 1.807) is 19.2 Å². The number of amides is 1. The van der Waals surface area contributed by atoms with Crippen molar-refractivity contribution >= 4 is 22.7 Å². The van der Waals surface area contributed by atoms with Crippen LogP contribution in [0.25, 0.3) is 11.1 Å². The Labute approximate surface area is 110 Å². The Morgan fingerprint density at radius 1 is 1.53 bits per heavy atom. The summed E-state index contributed by atoms with van der Waals surface area (Å²) in [5.74, 6) is -0.139. The summed E-state index contributed by atoms with van der Waals surface area (Å²) >= 11 is 0. The van der Waals surface area contributed by atoms with Gasteiger partial charge in [0.1, 0.15) is 10.9 Å². The minimum absolute atomic E-state index is 0.139. The molecule has 1 aromatic heterocycles. The first-order valence-electron chi connectivity index (χ1n) is 6.19. The van der Waals surface area contributed by atoms with Crippen LogP contribution in [0.3, 0.4) is 0 Å². The fraction of sp³-hybridized carbons (Fsp3) is 0.357. The lowest BCUT2D eigenvalue weighted by molar-refractivity contribution is -0.128.